The van der Waals surface area contributed by atoms with Gasteiger partial charge in [-0.1, -0.05) is 0 Å². The van der Waals surface area contributed by atoms with Crippen molar-refractivity contribution in [1.82, 2.24) is 0 Å². The molecule has 26 valence electrons. The smallest absolute Gasteiger partial charge is 0.356 e. The Morgan fingerprint density at radius 3 is 1.33 bits per heavy atom. The molecule has 0 spiro atoms. The first-order valence-corrected chi connectivity index (χ1v) is 0.548. The van der Waals surface area contributed by atoms with E-state index >= 15 is 0 Å². The van der Waals surface area contributed by atoms with Crippen molar-refractivity contribution in [1.29, 1.82) is 0 Å². The van der Waals surface area contributed by atoms with Crippen LogP contribution in [0.4, 0.5) is 0 Å². The average molecular weight is 467 g/mol. The van der Waals surface area contributed by atoms with Crippen molar-refractivity contribution in [3.8, 4) is 0 Å². The molecule has 6 heavy (non-hydrogen) atoms. The summed E-state index contributed by atoms with van der Waals surface area (Å²) >= 11 is 0. The van der Waals surface area contributed by atoms with E-state index in [9.17, 15) is 0 Å². The third-order valence-electron chi connectivity index (χ3n) is 0. The van der Waals surface area contributed by atoms with E-state index in [4.69, 9.17) is 15.3 Å². The van der Waals surface area contributed by atoms with Gasteiger partial charge in [0.15, 0.2) is 0 Å². The first-order chi connectivity index (χ1) is 1.73. The van der Waals surface area contributed by atoms with Gasteiger partial charge in [-0.05, 0) is 0 Å². The van der Waals surface area contributed by atoms with Gasteiger partial charge in [-0.25, -0.2) is 0 Å². The van der Waals surface area contributed by atoms with Crippen LogP contribution in [0.2, 0.25) is 0 Å². The first kappa shape index (κ1) is 15.7. The maximum Gasteiger partial charge on any atom is 2.00 e. The summed E-state index contributed by atoms with van der Waals surface area (Å²) in [6, 6.07) is 0. The average Bonchev–Trinajstić information content (AvgIpc) is 0.811. The van der Waals surface area contributed by atoms with Crippen LogP contribution in [0.3, 0.4) is 0 Å². The van der Waals surface area contributed by atoms with Crippen LogP contribution in [0.1, 0.15) is 0 Å². The fourth-order valence-corrected chi connectivity index (χ4v) is 0. The summed E-state index contributed by atoms with van der Waals surface area (Å²) in [5.41, 5.74) is 0. The minimum atomic E-state index is -1.75. The zero-order valence-corrected chi connectivity index (χ0v) is 12.9. The van der Waals surface area contributed by atoms with E-state index in [2.05, 4.69) is 0 Å². The molecule has 0 aromatic heterocycles. The van der Waals surface area contributed by atoms with Crippen LogP contribution in [0.15, 0.2) is 0 Å². The fraction of sp³-hybridized carbons (Fsp3) is 0. The Labute approximate surface area is 74.7 Å². The van der Waals surface area contributed by atoms with Gasteiger partial charge in [0, 0.05) is 0 Å². The molecule has 4 nitrogen and oxygen atoms in total. The van der Waals surface area contributed by atoms with Crippen molar-refractivity contribution in [2.24, 2.45) is 0 Å². The molecule has 0 saturated carbocycles. The van der Waals surface area contributed by atoms with E-state index < -0.39 is 5.09 Å². The van der Waals surface area contributed by atoms with E-state index in [1.165, 1.54) is 0 Å². The summed E-state index contributed by atoms with van der Waals surface area (Å²) in [6.07, 6.45) is 0. The largest absolute Gasteiger partial charge is 2.00 e. The Bertz CT molecular complexity index is 33.8. The van der Waals surface area contributed by atoms with Gasteiger partial charge in [0.2, 0.25) is 0 Å². The Balaban J connectivity index is -0.0000000450. The molecule has 0 heterocycles. The van der Waals surface area contributed by atoms with Crippen LogP contribution in [0.25, 0.3) is 0 Å². The standard InChI is InChI=1S/Hg.NO3.Tl/c;2-1(3)4;/q+2;-1;+1. The van der Waals surface area contributed by atoms with Crippen LogP contribution in [0.5, 0.6) is 0 Å². The molecule has 6 heteroatoms. The van der Waals surface area contributed by atoms with E-state index in [0.717, 1.165) is 0 Å². The number of hydrogen-bond acceptors (Lipinski definition) is 3. The number of hydrogen-bond donors (Lipinski definition) is 0. The molecule has 0 rings (SSSR count). The zero-order valence-electron chi connectivity index (χ0n) is 2.96. The van der Waals surface area contributed by atoms with Gasteiger partial charge in [0.25, 0.3) is 0 Å². The van der Waals surface area contributed by atoms with Gasteiger partial charge >= 0.3 is 55.0 Å². The van der Waals surface area contributed by atoms with Gasteiger partial charge < -0.3 is 15.3 Å². The maximum atomic E-state index is 8.25. The molecule has 0 aliphatic carbocycles. The monoisotopic (exact) mass is 469 g/mol. The molecule has 0 radical (unpaired) electrons. The summed E-state index contributed by atoms with van der Waals surface area (Å²) in [5, 5.41) is 14.8. The van der Waals surface area contributed by atoms with E-state index in [1.807, 2.05) is 0 Å². The fourth-order valence-electron chi connectivity index (χ4n) is 0. The Kier molecular flexibility index (Phi) is 24.7. The molecule has 0 saturated heterocycles. The van der Waals surface area contributed by atoms with Crippen molar-refractivity contribution in [2.75, 3.05) is 0 Å². The predicted molar refractivity (Wildman–Crippen MR) is 16.1 cm³/mol. The van der Waals surface area contributed by atoms with Crippen molar-refractivity contribution in [2.45, 2.75) is 0 Å². The second kappa shape index (κ2) is 9.41. The van der Waals surface area contributed by atoms with Crippen molar-refractivity contribution < 1.29 is 32.8 Å². The van der Waals surface area contributed by atoms with Gasteiger partial charge in [-0.3, -0.25) is 0 Å². The maximum absolute atomic E-state index is 8.25. The molecular formula is HgNO3Tl+2. The van der Waals surface area contributed by atoms with Gasteiger partial charge in [0.1, 0.15) is 0 Å². The quantitative estimate of drug-likeness (QED) is 0.271. The summed E-state index contributed by atoms with van der Waals surface area (Å²) in [5.74, 6) is 0. The Hall–Kier alpha value is 1.06. The second-order valence-corrected chi connectivity index (χ2v) is 0.224. The van der Waals surface area contributed by atoms with E-state index in [-0.39, 0.29) is 55.0 Å². The molecule has 0 unspecified atom stereocenters. The summed E-state index contributed by atoms with van der Waals surface area (Å²) in [7, 11) is 0. The van der Waals surface area contributed by atoms with E-state index in [0.29, 0.717) is 0 Å². The Morgan fingerprint density at radius 2 is 1.33 bits per heavy atom. The summed E-state index contributed by atoms with van der Waals surface area (Å²) in [6.45, 7) is 0. The molecule has 0 N–H and O–H groups in total. The molecule has 0 bridgehead atoms. The number of nitrogens with zero attached hydrogens (tertiary/aromatic N) is 1. The molecule has 0 fully saturated rings. The summed E-state index contributed by atoms with van der Waals surface area (Å²) < 4.78 is 0. The summed E-state index contributed by atoms with van der Waals surface area (Å²) in [4.78, 5) is 8.25. The third kappa shape index (κ3) is 74.5. The molecular weight excluding hydrogens is 467 g/mol. The number of rotatable bonds is 0. The molecule has 0 aliphatic rings. The minimum Gasteiger partial charge on any atom is -0.356 e. The van der Waals surface area contributed by atoms with Gasteiger partial charge in [-0.15, -0.1) is 0 Å². The molecule has 0 atom stereocenters. The zero-order chi connectivity index (χ0) is 3.58. The normalized spacial score (nSPS) is 4.00. The van der Waals surface area contributed by atoms with Crippen LogP contribution in [-0.4, -0.2) is 32.4 Å². The van der Waals surface area contributed by atoms with Crippen molar-refractivity contribution >= 4 is 27.3 Å². The van der Waals surface area contributed by atoms with Crippen molar-refractivity contribution in [3.63, 3.8) is 0 Å². The van der Waals surface area contributed by atoms with Gasteiger partial charge in [-0.2, -0.15) is 0 Å². The molecule has 0 amide bonds. The van der Waals surface area contributed by atoms with Crippen LogP contribution in [0, 0.1) is 15.3 Å². The predicted octanol–water partition coefficient (Wildman–Crippen LogP) is -0.622. The second-order valence-electron chi connectivity index (χ2n) is 0.224. The molecule has 0 aromatic rings. The van der Waals surface area contributed by atoms with Gasteiger partial charge in [0.05, 0.1) is 5.09 Å². The molecule has 0 aliphatic heterocycles. The van der Waals surface area contributed by atoms with Crippen molar-refractivity contribution in [3.05, 3.63) is 15.3 Å². The SMILES string of the molecule is O=[N+]([O-])[O-].[Hg+2].[Tl+]. The van der Waals surface area contributed by atoms with E-state index in [1.54, 1.807) is 0 Å². The van der Waals surface area contributed by atoms with Crippen LogP contribution in [-0.2, 0) is 27.7 Å². The first-order valence-electron chi connectivity index (χ1n) is 0.548. The van der Waals surface area contributed by atoms with Crippen LogP contribution < -0.4 is 0 Å². The minimum absolute atomic E-state index is 0. The third-order valence-corrected chi connectivity index (χ3v) is 0. The topological polar surface area (TPSA) is 66.2 Å². The molecule has 0 aromatic carbocycles. The Morgan fingerprint density at radius 1 is 1.33 bits per heavy atom. The van der Waals surface area contributed by atoms with Crippen LogP contribution >= 0.6 is 0 Å².